The SMILES string of the molecule is Cc1cnc(C(=O)c2ccsn2)c(C)c1. The second-order valence-electron chi connectivity index (χ2n) is 3.39. The van der Waals surface area contributed by atoms with Crippen LogP contribution in [0.2, 0.25) is 0 Å². The summed E-state index contributed by atoms with van der Waals surface area (Å²) in [5.41, 5.74) is 2.92. The Labute approximate surface area is 92.0 Å². The van der Waals surface area contributed by atoms with Gasteiger partial charge in [-0.25, -0.2) is 0 Å². The first-order chi connectivity index (χ1) is 7.18. The Morgan fingerprint density at radius 1 is 1.40 bits per heavy atom. The van der Waals surface area contributed by atoms with Gasteiger partial charge in [-0.2, -0.15) is 4.37 Å². The number of aromatic nitrogens is 2. The molecule has 0 spiro atoms. The van der Waals surface area contributed by atoms with Gasteiger partial charge in [-0.3, -0.25) is 9.78 Å². The molecule has 0 radical (unpaired) electrons. The van der Waals surface area contributed by atoms with E-state index in [9.17, 15) is 4.79 Å². The first-order valence-electron chi connectivity index (χ1n) is 4.57. The summed E-state index contributed by atoms with van der Waals surface area (Å²) >= 11 is 1.27. The monoisotopic (exact) mass is 218 g/mol. The maximum absolute atomic E-state index is 11.9. The lowest BCUT2D eigenvalue weighted by molar-refractivity contribution is 0.103. The zero-order chi connectivity index (χ0) is 10.8. The highest BCUT2D eigenvalue weighted by Crippen LogP contribution is 2.12. The number of rotatable bonds is 2. The standard InChI is InChI=1S/C11H10N2OS/c1-7-5-8(2)10(12-6-7)11(14)9-3-4-15-13-9/h3-6H,1-2H3. The van der Waals surface area contributed by atoms with Crippen molar-refractivity contribution in [2.24, 2.45) is 0 Å². The minimum atomic E-state index is -0.103. The fourth-order valence-corrected chi connectivity index (χ4v) is 1.91. The molecule has 15 heavy (non-hydrogen) atoms. The van der Waals surface area contributed by atoms with E-state index in [0.717, 1.165) is 11.1 Å². The highest BCUT2D eigenvalue weighted by molar-refractivity contribution is 7.03. The van der Waals surface area contributed by atoms with Gasteiger partial charge in [-0.1, -0.05) is 6.07 Å². The molecule has 0 aliphatic heterocycles. The molecule has 0 bridgehead atoms. The van der Waals surface area contributed by atoms with Crippen LogP contribution < -0.4 is 0 Å². The van der Waals surface area contributed by atoms with Gasteiger partial charge >= 0.3 is 0 Å². The second-order valence-corrected chi connectivity index (χ2v) is 4.06. The van der Waals surface area contributed by atoms with E-state index < -0.39 is 0 Å². The van der Waals surface area contributed by atoms with E-state index in [1.54, 1.807) is 17.6 Å². The Hall–Kier alpha value is -1.55. The molecule has 0 fully saturated rings. The quantitative estimate of drug-likeness (QED) is 0.727. The van der Waals surface area contributed by atoms with Crippen LogP contribution in [-0.2, 0) is 0 Å². The fraction of sp³-hybridized carbons (Fsp3) is 0.182. The molecule has 2 aromatic heterocycles. The lowest BCUT2D eigenvalue weighted by atomic mass is 10.1. The van der Waals surface area contributed by atoms with Gasteiger partial charge in [0.15, 0.2) is 0 Å². The van der Waals surface area contributed by atoms with Crippen LogP contribution in [0.15, 0.2) is 23.7 Å². The molecule has 76 valence electrons. The molecule has 4 heteroatoms. The molecular formula is C11H10N2OS. The van der Waals surface area contributed by atoms with Gasteiger partial charge in [0.05, 0.1) is 0 Å². The van der Waals surface area contributed by atoms with Gasteiger partial charge in [0, 0.05) is 11.6 Å². The third-order valence-corrected chi connectivity index (χ3v) is 2.66. The highest BCUT2D eigenvalue weighted by atomic mass is 32.1. The summed E-state index contributed by atoms with van der Waals surface area (Å²) in [5, 5.41) is 1.79. The summed E-state index contributed by atoms with van der Waals surface area (Å²) in [6, 6.07) is 3.67. The molecule has 0 unspecified atom stereocenters. The number of carbonyl (C=O) groups excluding carboxylic acids is 1. The van der Waals surface area contributed by atoms with Crippen LogP contribution in [-0.4, -0.2) is 15.1 Å². The fourth-order valence-electron chi connectivity index (χ4n) is 1.40. The van der Waals surface area contributed by atoms with Gasteiger partial charge in [-0.15, -0.1) is 0 Å². The molecule has 0 saturated carbocycles. The molecule has 0 saturated heterocycles. The van der Waals surface area contributed by atoms with Gasteiger partial charge in [-0.05, 0) is 42.6 Å². The smallest absolute Gasteiger partial charge is 0.230 e. The van der Waals surface area contributed by atoms with Crippen LogP contribution in [0.25, 0.3) is 0 Å². The van der Waals surface area contributed by atoms with Crippen molar-refractivity contribution in [3.63, 3.8) is 0 Å². The van der Waals surface area contributed by atoms with Crippen molar-refractivity contribution in [1.29, 1.82) is 0 Å². The summed E-state index contributed by atoms with van der Waals surface area (Å²) in [6.07, 6.45) is 1.70. The van der Waals surface area contributed by atoms with Crippen molar-refractivity contribution in [3.05, 3.63) is 46.2 Å². The highest BCUT2D eigenvalue weighted by Gasteiger charge is 2.14. The van der Waals surface area contributed by atoms with Crippen molar-refractivity contribution in [2.45, 2.75) is 13.8 Å². The van der Waals surface area contributed by atoms with Crippen molar-refractivity contribution in [1.82, 2.24) is 9.36 Å². The first kappa shape index (κ1) is 9.98. The van der Waals surface area contributed by atoms with Crippen molar-refractivity contribution < 1.29 is 4.79 Å². The summed E-state index contributed by atoms with van der Waals surface area (Å²) in [4.78, 5) is 16.1. The molecular weight excluding hydrogens is 208 g/mol. The zero-order valence-electron chi connectivity index (χ0n) is 8.52. The van der Waals surface area contributed by atoms with E-state index in [-0.39, 0.29) is 5.78 Å². The van der Waals surface area contributed by atoms with Gasteiger partial charge in [0.1, 0.15) is 11.4 Å². The van der Waals surface area contributed by atoms with E-state index >= 15 is 0 Å². The van der Waals surface area contributed by atoms with Gasteiger partial charge in [0.25, 0.3) is 0 Å². The summed E-state index contributed by atoms with van der Waals surface area (Å²) < 4.78 is 4.01. The molecule has 0 atom stereocenters. The Kier molecular flexibility index (Phi) is 2.60. The lowest BCUT2D eigenvalue weighted by Crippen LogP contribution is -2.06. The molecule has 2 rings (SSSR count). The summed E-state index contributed by atoms with van der Waals surface area (Å²) in [7, 11) is 0. The largest absolute Gasteiger partial charge is 0.285 e. The third kappa shape index (κ3) is 1.94. The van der Waals surface area contributed by atoms with E-state index in [1.807, 2.05) is 19.9 Å². The van der Waals surface area contributed by atoms with Gasteiger partial charge < -0.3 is 0 Å². The average Bonchev–Trinajstić information content (AvgIpc) is 2.69. The van der Waals surface area contributed by atoms with Crippen molar-refractivity contribution >= 4 is 17.3 Å². The molecule has 0 amide bonds. The Morgan fingerprint density at radius 2 is 2.20 bits per heavy atom. The summed E-state index contributed by atoms with van der Waals surface area (Å²) in [6.45, 7) is 3.84. The number of carbonyl (C=O) groups is 1. The Morgan fingerprint density at radius 3 is 2.80 bits per heavy atom. The molecule has 2 heterocycles. The average molecular weight is 218 g/mol. The number of hydrogen-bond donors (Lipinski definition) is 0. The van der Waals surface area contributed by atoms with Crippen LogP contribution in [0.5, 0.6) is 0 Å². The second kappa shape index (κ2) is 3.90. The molecule has 3 nitrogen and oxygen atoms in total. The molecule has 0 aliphatic rings. The first-order valence-corrected chi connectivity index (χ1v) is 5.40. The van der Waals surface area contributed by atoms with Crippen LogP contribution in [0.3, 0.4) is 0 Å². The van der Waals surface area contributed by atoms with Crippen LogP contribution >= 0.6 is 11.5 Å². The maximum Gasteiger partial charge on any atom is 0.230 e. The predicted molar refractivity (Wildman–Crippen MR) is 59.3 cm³/mol. The van der Waals surface area contributed by atoms with Gasteiger partial charge in [0.2, 0.25) is 5.78 Å². The number of ketones is 1. The summed E-state index contributed by atoms with van der Waals surface area (Å²) in [5.74, 6) is -0.103. The van der Waals surface area contributed by atoms with Crippen LogP contribution in [0.4, 0.5) is 0 Å². The lowest BCUT2D eigenvalue weighted by Gasteiger charge is -2.02. The number of hydrogen-bond acceptors (Lipinski definition) is 4. The number of nitrogens with zero attached hydrogens (tertiary/aromatic N) is 2. The zero-order valence-corrected chi connectivity index (χ0v) is 9.34. The Balaban J connectivity index is 2.42. The molecule has 0 aliphatic carbocycles. The van der Waals surface area contributed by atoms with Crippen LogP contribution in [0, 0.1) is 13.8 Å². The number of pyridine rings is 1. The normalized spacial score (nSPS) is 10.3. The van der Waals surface area contributed by atoms with E-state index in [2.05, 4.69) is 9.36 Å². The predicted octanol–water partition coefficient (Wildman–Crippen LogP) is 2.39. The minimum absolute atomic E-state index is 0.103. The topological polar surface area (TPSA) is 42.9 Å². The molecule has 2 aromatic rings. The van der Waals surface area contributed by atoms with Crippen molar-refractivity contribution in [2.75, 3.05) is 0 Å². The number of aryl methyl sites for hydroxylation is 2. The van der Waals surface area contributed by atoms with E-state index in [1.165, 1.54) is 11.5 Å². The van der Waals surface area contributed by atoms with Crippen molar-refractivity contribution in [3.8, 4) is 0 Å². The Bertz CT molecular complexity index is 491. The van der Waals surface area contributed by atoms with E-state index in [4.69, 9.17) is 0 Å². The maximum atomic E-state index is 11.9. The van der Waals surface area contributed by atoms with E-state index in [0.29, 0.717) is 11.4 Å². The molecule has 0 N–H and O–H groups in total. The molecule has 0 aromatic carbocycles. The minimum Gasteiger partial charge on any atom is -0.285 e. The third-order valence-electron chi connectivity index (χ3n) is 2.10. The van der Waals surface area contributed by atoms with Crippen LogP contribution in [0.1, 0.15) is 27.3 Å².